The first-order valence-electron chi connectivity index (χ1n) is 8.42. The number of hydrogen-bond donors (Lipinski definition) is 1. The Kier molecular flexibility index (Phi) is 6.72. The third-order valence-electron chi connectivity index (χ3n) is 4.17. The topological polar surface area (TPSA) is 21.3 Å². The number of thiophene rings is 1. The minimum absolute atomic E-state index is 0.466. The molecule has 120 valence electrons. The average molecular weight is 310 g/mol. The maximum Gasteiger partial charge on any atom is 0.0813 e. The van der Waals surface area contributed by atoms with Gasteiger partial charge in [-0.2, -0.15) is 0 Å². The number of ether oxygens (including phenoxy) is 1. The van der Waals surface area contributed by atoms with Gasteiger partial charge in [0.25, 0.3) is 0 Å². The minimum Gasteiger partial charge on any atom is -0.373 e. The Labute approximate surface area is 134 Å². The van der Waals surface area contributed by atoms with E-state index in [1.807, 2.05) is 11.3 Å². The molecule has 1 aliphatic carbocycles. The molecule has 1 aromatic rings. The highest BCUT2D eigenvalue weighted by atomic mass is 32.1. The van der Waals surface area contributed by atoms with E-state index in [0.29, 0.717) is 12.0 Å². The summed E-state index contributed by atoms with van der Waals surface area (Å²) in [6.07, 6.45) is 4.30. The Morgan fingerprint density at radius 3 is 2.48 bits per heavy atom. The summed E-state index contributed by atoms with van der Waals surface area (Å²) in [5.41, 5.74) is 0. The maximum atomic E-state index is 6.16. The van der Waals surface area contributed by atoms with Crippen molar-refractivity contribution in [1.82, 2.24) is 5.32 Å². The van der Waals surface area contributed by atoms with Crippen LogP contribution in [0, 0.1) is 17.8 Å². The summed E-state index contributed by atoms with van der Waals surface area (Å²) in [5, 5.41) is 3.50. The van der Waals surface area contributed by atoms with Gasteiger partial charge in [-0.05, 0) is 55.7 Å². The van der Waals surface area contributed by atoms with Crippen LogP contribution in [-0.4, -0.2) is 12.6 Å². The Morgan fingerprint density at radius 1 is 1.14 bits per heavy atom. The van der Waals surface area contributed by atoms with Crippen molar-refractivity contribution >= 4 is 11.3 Å². The van der Waals surface area contributed by atoms with Crippen LogP contribution in [0.25, 0.3) is 0 Å². The van der Waals surface area contributed by atoms with E-state index in [1.165, 1.54) is 29.0 Å². The van der Waals surface area contributed by atoms with Gasteiger partial charge in [0, 0.05) is 16.3 Å². The Morgan fingerprint density at radius 2 is 1.81 bits per heavy atom. The minimum atomic E-state index is 0.466. The van der Waals surface area contributed by atoms with E-state index in [4.69, 9.17) is 4.74 Å². The van der Waals surface area contributed by atoms with Gasteiger partial charge >= 0.3 is 0 Å². The van der Waals surface area contributed by atoms with Crippen molar-refractivity contribution in [2.75, 3.05) is 6.54 Å². The zero-order valence-electron chi connectivity index (χ0n) is 14.0. The normalized spacial score (nSPS) is 26.4. The number of nitrogens with one attached hydrogen (secondary N) is 1. The van der Waals surface area contributed by atoms with Crippen LogP contribution in [0.3, 0.4) is 0 Å². The second-order valence-electron chi connectivity index (χ2n) is 7.24. The molecule has 21 heavy (non-hydrogen) atoms. The molecule has 0 saturated heterocycles. The second-order valence-corrected chi connectivity index (χ2v) is 8.50. The summed E-state index contributed by atoms with van der Waals surface area (Å²) in [7, 11) is 0. The summed E-state index contributed by atoms with van der Waals surface area (Å²) in [5.74, 6) is 2.35. The van der Waals surface area contributed by atoms with E-state index >= 15 is 0 Å². The third-order valence-corrected chi connectivity index (χ3v) is 5.22. The molecule has 0 bridgehead atoms. The predicted octanol–water partition coefficient (Wildman–Crippen LogP) is 4.84. The highest BCUT2D eigenvalue weighted by Crippen LogP contribution is 2.31. The quantitative estimate of drug-likeness (QED) is 0.778. The molecule has 1 aliphatic rings. The van der Waals surface area contributed by atoms with Crippen molar-refractivity contribution in [3.63, 3.8) is 0 Å². The SMILES string of the molecule is CC(C)CNCc1ccc(COC2CC(C)CC(C)C2)s1. The molecule has 0 spiro atoms. The van der Waals surface area contributed by atoms with Crippen LogP contribution in [0.4, 0.5) is 0 Å². The molecule has 2 unspecified atom stereocenters. The molecule has 1 N–H and O–H groups in total. The van der Waals surface area contributed by atoms with Crippen LogP contribution in [0.1, 0.15) is 56.7 Å². The number of rotatable bonds is 7. The van der Waals surface area contributed by atoms with Gasteiger partial charge in [-0.25, -0.2) is 0 Å². The molecule has 2 rings (SSSR count). The lowest BCUT2D eigenvalue weighted by Gasteiger charge is -2.31. The van der Waals surface area contributed by atoms with Gasteiger partial charge in [0.15, 0.2) is 0 Å². The Balaban J connectivity index is 1.72. The number of hydrogen-bond acceptors (Lipinski definition) is 3. The summed E-state index contributed by atoms with van der Waals surface area (Å²) in [6.45, 7) is 12.1. The standard InChI is InChI=1S/C18H31NOS/c1-13(2)10-19-11-17-5-6-18(21-17)12-20-16-8-14(3)7-15(4)9-16/h5-6,13-16,19H,7-12H2,1-4H3. The van der Waals surface area contributed by atoms with E-state index in [-0.39, 0.29) is 0 Å². The zero-order chi connectivity index (χ0) is 15.2. The maximum absolute atomic E-state index is 6.16. The Bertz CT molecular complexity index is 405. The van der Waals surface area contributed by atoms with Crippen LogP contribution in [0.5, 0.6) is 0 Å². The molecule has 1 saturated carbocycles. The van der Waals surface area contributed by atoms with E-state index in [0.717, 1.165) is 31.5 Å². The van der Waals surface area contributed by atoms with Crippen molar-refractivity contribution < 1.29 is 4.74 Å². The molecular weight excluding hydrogens is 278 g/mol. The molecule has 0 amide bonds. The van der Waals surface area contributed by atoms with Crippen LogP contribution in [0.15, 0.2) is 12.1 Å². The molecular formula is C18H31NOS. The van der Waals surface area contributed by atoms with Crippen molar-refractivity contribution in [2.45, 2.75) is 66.2 Å². The first-order valence-corrected chi connectivity index (χ1v) is 9.24. The van der Waals surface area contributed by atoms with E-state index < -0.39 is 0 Å². The highest BCUT2D eigenvalue weighted by molar-refractivity contribution is 7.11. The molecule has 2 atom stereocenters. The van der Waals surface area contributed by atoms with Gasteiger partial charge in [-0.15, -0.1) is 11.3 Å². The summed E-state index contributed by atoms with van der Waals surface area (Å²) < 4.78 is 6.16. The molecule has 0 aromatic carbocycles. The van der Waals surface area contributed by atoms with Gasteiger partial charge in [-0.3, -0.25) is 0 Å². The molecule has 0 aliphatic heterocycles. The van der Waals surface area contributed by atoms with Crippen molar-refractivity contribution in [1.29, 1.82) is 0 Å². The molecule has 2 nitrogen and oxygen atoms in total. The fourth-order valence-corrected chi connectivity index (χ4v) is 4.20. The lowest BCUT2D eigenvalue weighted by molar-refractivity contribution is -0.00803. The summed E-state index contributed by atoms with van der Waals surface area (Å²) >= 11 is 1.89. The van der Waals surface area contributed by atoms with E-state index in [9.17, 15) is 0 Å². The molecule has 1 aromatic heterocycles. The largest absolute Gasteiger partial charge is 0.373 e. The lowest BCUT2D eigenvalue weighted by Crippen LogP contribution is -2.26. The molecule has 1 fully saturated rings. The van der Waals surface area contributed by atoms with Crippen LogP contribution in [-0.2, 0) is 17.9 Å². The van der Waals surface area contributed by atoms with Crippen molar-refractivity contribution in [3.05, 3.63) is 21.9 Å². The van der Waals surface area contributed by atoms with Gasteiger partial charge in [0.1, 0.15) is 0 Å². The molecule has 3 heteroatoms. The highest BCUT2D eigenvalue weighted by Gasteiger charge is 2.24. The smallest absolute Gasteiger partial charge is 0.0813 e. The average Bonchev–Trinajstić information content (AvgIpc) is 2.83. The fraction of sp³-hybridized carbons (Fsp3) is 0.778. The van der Waals surface area contributed by atoms with Crippen LogP contribution >= 0.6 is 11.3 Å². The van der Waals surface area contributed by atoms with Gasteiger partial charge in [0.05, 0.1) is 12.7 Å². The summed E-state index contributed by atoms with van der Waals surface area (Å²) in [4.78, 5) is 2.78. The van der Waals surface area contributed by atoms with Crippen molar-refractivity contribution in [2.24, 2.45) is 17.8 Å². The first-order chi connectivity index (χ1) is 10.0. The van der Waals surface area contributed by atoms with Crippen LogP contribution < -0.4 is 5.32 Å². The van der Waals surface area contributed by atoms with Gasteiger partial charge in [0.2, 0.25) is 0 Å². The van der Waals surface area contributed by atoms with E-state index in [1.54, 1.807) is 0 Å². The van der Waals surface area contributed by atoms with E-state index in [2.05, 4.69) is 45.1 Å². The lowest BCUT2D eigenvalue weighted by atomic mass is 9.82. The third kappa shape index (κ3) is 6.09. The Hall–Kier alpha value is -0.380. The van der Waals surface area contributed by atoms with Crippen LogP contribution in [0.2, 0.25) is 0 Å². The first kappa shape index (κ1) is 17.0. The van der Waals surface area contributed by atoms with Gasteiger partial charge < -0.3 is 10.1 Å². The predicted molar refractivity (Wildman–Crippen MR) is 91.6 cm³/mol. The molecule has 0 radical (unpaired) electrons. The fourth-order valence-electron chi connectivity index (χ4n) is 3.29. The van der Waals surface area contributed by atoms with Gasteiger partial charge in [-0.1, -0.05) is 27.7 Å². The molecule has 1 heterocycles. The second kappa shape index (κ2) is 8.30. The summed E-state index contributed by atoms with van der Waals surface area (Å²) in [6, 6.07) is 4.47. The monoisotopic (exact) mass is 309 g/mol. The zero-order valence-corrected chi connectivity index (χ0v) is 14.8. The van der Waals surface area contributed by atoms with Crippen molar-refractivity contribution in [3.8, 4) is 0 Å².